The maximum atomic E-state index is 14.6. The summed E-state index contributed by atoms with van der Waals surface area (Å²) in [6, 6.07) is 1.63. The van der Waals surface area contributed by atoms with Crippen LogP contribution < -0.4 is 15.2 Å². The van der Waals surface area contributed by atoms with Gasteiger partial charge in [-0.3, -0.25) is 0 Å². The summed E-state index contributed by atoms with van der Waals surface area (Å²) in [5, 5.41) is 0. The standard InChI is InChI=1S/C14H17BrFNO2/c15-9-6-10-13(19-8-18-10)11(12(9)16)14(7-17)4-2-1-3-5-14/h6H,1-5,7-8,17H2. The fourth-order valence-electron chi connectivity index (χ4n) is 3.25. The first-order valence-electron chi connectivity index (χ1n) is 6.66. The summed E-state index contributed by atoms with van der Waals surface area (Å²) in [7, 11) is 0. The van der Waals surface area contributed by atoms with Crippen LogP contribution in [0.3, 0.4) is 0 Å². The van der Waals surface area contributed by atoms with Crippen molar-refractivity contribution in [3.05, 3.63) is 21.9 Å². The number of rotatable bonds is 2. The van der Waals surface area contributed by atoms with Crippen LogP contribution in [-0.2, 0) is 5.41 Å². The number of ether oxygens (including phenoxy) is 2. The molecule has 1 aliphatic carbocycles. The lowest BCUT2D eigenvalue weighted by Gasteiger charge is -2.37. The van der Waals surface area contributed by atoms with Gasteiger partial charge in [-0.05, 0) is 28.8 Å². The van der Waals surface area contributed by atoms with Gasteiger partial charge in [-0.15, -0.1) is 0 Å². The molecule has 0 spiro atoms. The maximum Gasteiger partial charge on any atom is 0.231 e. The van der Waals surface area contributed by atoms with Crippen LogP contribution in [0.1, 0.15) is 37.7 Å². The number of benzene rings is 1. The predicted octanol–water partition coefficient (Wildman–Crippen LogP) is 3.48. The number of nitrogens with two attached hydrogens (primary N) is 1. The van der Waals surface area contributed by atoms with Gasteiger partial charge in [0.1, 0.15) is 5.82 Å². The van der Waals surface area contributed by atoms with Crippen LogP contribution in [0.2, 0.25) is 0 Å². The van der Waals surface area contributed by atoms with Crippen molar-refractivity contribution in [3.63, 3.8) is 0 Å². The van der Waals surface area contributed by atoms with Crippen LogP contribution in [0.4, 0.5) is 4.39 Å². The smallest absolute Gasteiger partial charge is 0.231 e. The zero-order valence-corrected chi connectivity index (χ0v) is 12.3. The average Bonchev–Trinajstić information content (AvgIpc) is 2.88. The number of hydrogen-bond donors (Lipinski definition) is 1. The van der Waals surface area contributed by atoms with E-state index in [0.717, 1.165) is 25.7 Å². The lowest BCUT2D eigenvalue weighted by Crippen LogP contribution is -2.38. The molecule has 1 fully saturated rings. The minimum Gasteiger partial charge on any atom is -0.454 e. The first kappa shape index (κ1) is 13.2. The number of fused-ring (bicyclic) bond motifs is 1. The molecule has 1 aliphatic heterocycles. The Morgan fingerprint density at radius 3 is 2.68 bits per heavy atom. The highest BCUT2D eigenvalue weighted by Gasteiger charge is 2.40. The van der Waals surface area contributed by atoms with E-state index in [4.69, 9.17) is 15.2 Å². The molecule has 3 rings (SSSR count). The lowest BCUT2D eigenvalue weighted by atomic mass is 9.69. The quantitative estimate of drug-likeness (QED) is 0.903. The summed E-state index contributed by atoms with van der Waals surface area (Å²) in [5.41, 5.74) is 6.30. The van der Waals surface area contributed by atoms with Crippen LogP contribution in [0.15, 0.2) is 10.5 Å². The van der Waals surface area contributed by atoms with Crippen LogP contribution in [0.5, 0.6) is 11.5 Å². The van der Waals surface area contributed by atoms with E-state index in [0.29, 0.717) is 28.1 Å². The topological polar surface area (TPSA) is 44.5 Å². The molecule has 3 nitrogen and oxygen atoms in total. The van der Waals surface area contributed by atoms with Gasteiger partial charge >= 0.3 is 0 Å². The highest BCUT2D eigenvalue weighted by molar-refractivity contribution is 9.10. The van der Waals surface area contributed by atoms with E-state index in [-0.39, 0.29) is 18.0 Å². The fraction of sp³-hybridized carbons (Fsp3) is 0.571. The first-order chi connectivity index (χ1) is 9.18. The van der Waals surface area contributed by atoms with Gasteiger partial charge < -0.3 is 15.2 Å². The number of hydrogen-bond acceptors (Lipinski definition) is 3. The molecule has 0 bridgehead atoms. The van der Waals surface area contributed by atoms with Crippen LogP contribution in [0, 0.1) is 5.82 Å². The number of halogens is 2. The van der Waals surface area contributed by atoms with Crippen molar-refractivity contribution in [2.24, 2.45) is 5.73 Å². The highest BCUT2D eigenvalue weighted by atomic mass is 79.9. The van der Waals surface area contributed by atoms with Crippen LogP contribution in [-0.4, -0.2) is 13.3 Å². The lowest BCUT2D eigenvalue weighted by molar-refractivity contribution is 0.170. The van der Waals surface area contributed by atoms with E-state index in [1.54, 1.807) is 6.07 Å². The molecule has 1 aromatic carbocycles. The predicted molar refractivity (Wildman–Crippen MR) is 74.0 cm³/mol. The first-order valence-corrected chi connectivity index (χ1v) is 7.45. The molecular formula is C14H17BrFNO2. The molecule has 1 saturated carbocycles. The normalized spacial score (nSPS) is 20.6. The highest BCUT2D eigenvalue weighted by Crippen LogP contribution is 2.50. The van der Waals surface area contributed by atoms with Gasteiger partial charge in [-0.25, -0.2) is 4.39 Å². The SMILES string of the molecule is NCC1(c2c(F)c(Br)cc3c2OCO3)CCCCC1. The van der Waals surface area contributed by atoms with Crippen LogP contribution in [0.25, 0.3) is 0 Å². The Labute approximate surface area is 120 Å². The van der Waals surface area contributed by atoms with Crippen molar-refractivity contribution in [2.45, 2.75) is 37.5 Å². The zero-order chi connectivity index (χ0) is 13.5. The molecule has 19 heavy (non-hydrogen) atoms. The Kier molecular flexibility index (Phi) is 3.43. The van der Waals surface area contributed by atoms with E-state index < -0.39 is 0 Å². The summed E-state index contributed by atoms with van der Waals surface area (Å²) < 4.78 is 26.0. The average molecular weight is 330 g/mol. The molecule has 0 saturated heterocycles. The van der Waals surface area contributed by atoms with Gasteiger partial charge in [0.25, 0.3) is 0 Å². The molecule has 0 radical (unpaired) electrons. The van der Waals surface area contributed by atoms with Gasteiger partial charge in [0.2, 0.25) is 6.79 Å². The summed E-state index contributed by atoms with van der Waals surface area (Å²) in [5.74, 6) is 0.909. The van der Waals surface area contributed by atoms with E-state index in [9.17, 15) is 4.39 Å². The van der Waals surface area contributed by atoms with Gasteiger partial charge in [-0.1, -0.05) is 19.3 Å². The Balaban J connectivity index is 2.17. The second-order valence-corrected chi connectivity index (χ2v) is 6.18. The Hall–Kier alpha value is -0.810. The van der Waals surface area contributed by atoms with Gasteiger partial charge in [0.15, 0.2) is 11.5 Å². The summed E-state index contributed by atoms with van der Waals surface area (Å²) >= 11 is 3.27. The van der Waals surface area contributed by atoms with E-state index >= 15 is 0 Å². The van der Waals surface area contributed by atoms with Crippen molar-refractivity contribution in [3.8, 4) is 11.5 Å². The van der Waals surface area contributed by atoms with Gasteiger partial charge in [0.05, 0.1) is 4.47 Å². The molecule has 0 amide bonds. The monoisotopic (exact) mass is 329 g/mol. The summed E-state index contributed by atoms with van der Waals surface area (Å²) in [6.45, 7) is 0.592. The van der Waals surface area contributed by atoms with Gasteiger partial charge in [-0.2, -0.15) is 0 Å². The third-order valence-electron chi connectivity index (χ3n) is 4.29. The van der Waals surface area contributed by atoms with E-state index in [2.05, 4.69) is 15.9 Å². The molecule has 0 unspecified atom stereocenters. The molecule has 104 valence electrons. The molecule has 0 atom stereocenters. The Morgan fingerprint density at radius 1 is 1.26 bits per heavy atom. The molecule has 0 aromatic heterocycles. The van der Waals surface area contributed by atoms with Crippen molar-refractivity contribution < 1.29 is 13.9 Å². The van der Waals surface area contributed by atoms with Gasteiger partial charge in [0, 0.05) is 23.6 Å². The second-order valence-electron chi connectivity index (χ2n) is 5.33. The molecule has 2 aliphatic rings. The molecule has 1 heterocycles. The van der Waals surface area contributed by atoms with E-state index in [1.807, 2.05) is 0 Å². The molecule has 1 aromatic rings. The third-order valence-corrected chi connectivity index (χ3v) is 4.86. The Morgan fingerprint density at radius 2 is 2.00 bits per heavy atom. The fourth-order valence-corrected chi connectivity index (χ4v) is 3.65. The maximum absolute atomic E-state index is 14.6. The summed E-state index contributed by atoms with van der Waals surface area (Å²) in [4.78, 5) is 0. The summed E-state index contributed by atoms with van der Waals surface area (Å²) in [6.07, 6.45) is 5.17. The van der Waals surface area contributed by atoms with Crippen molar-refractivity contribution >= 4 is 15.9 Å². The Bertz CT molecular complexity index is 501. The largest absolute Gasteiger partial charge is 0.454 e. The minimum absolute atomic E-state index is 0.152. The second kappa shape index (κ2) is 4.94. The minimum atomic E-state index is -0.316. The molecule has 5 heteroatoms. The van der Waals surface area contributed by atoms with Crippen molar-refractivity contribution in [2.75, 3.05) is 13.3 Å². The van der Waals surface area contributed by atoms with Crippen molar-refractivity contribution in [1.29, 1.82) is 0 Å². The molecule has 2 N–H and O–H groups in total. The van der Waals surface area contributed by atoms with E-state index in [1.165, 1.54) is 6.42 Å². The third kappa shape index (κ3) is 2.03. The van der Waals surface area contributed by atoms with Crippen LogP contribution >= 0.6 is 15.9 Å². The molecular weight excluding hydrogens is 313 g/mol. The van der Waals surface area contributed by atoms with Crippen molar-refractivity contribution in [1.82, 2.24) is 0 Å². The zero-order valence-electron chi connectivity index (χ0n) is 10.7.